The Bertz CT molecular complexity index is 534. The molecule has 0 aliphatic carbocycles. The quantitative estimate of drug-likeness (QED) is 0.765. The van der Waals surface area contributed by atoms with E-state index in [0.29, 0.717) is 12.1 Å². The van der Waals surface area contributed by atoms with Crippen molar-refractivity contribution in [2.24, 2.45) is 0 Å². The highest BCUT2D eigenvalue weighted by molar-refractivity contribution is 7.89. The Morgan fingerprint density at radius 2 is 2.12 bits per heavy atom. The zero-order valence-electron chi connectivity index (χ0n) is 10.1. The lowest BCUT2D eigenvalue weighted by Gasteiger charge is -2.07. The normalized spacial score (nSPS) is 12.0. The van der Waals surface area contributed by atoms with Gasteiger partial charge < -0.3 is 10.3 Å². The number of H-pyrrole nitrogens is 1. The fraction of sp³-hybridized carbons (Fsp3) is 0.600. The van der Waals surface area contributed by atoms with Crippen LogP contribution in [0.4, 0.5) is 0 Å². The summed E-state index contributed by atoms with van der Waals surface area (Å²) in [7, 11) is -3.18. The molecule has 1 aromatic rings. The molecule has 1 rings (SSSR count). The van der Waals surface area contributed by atoms with Gasteiger partial charge in [0.1, 0.15) is 11.6 Å². The van der Waals surface area contributed by atoms with Gasteiger partial charge in [0.15, 0.2) is 9.84 Å². The van der Waals surface area contributed by atoms with Crippen molar-refractivity contribution in [3.8, 4) is 0 Å². The topological polar surface area (TPSA) is 91.9 Å². The fourth-order valence-electron chi connectivity index (χ4n) is 1.22. The van der Waals surface area contributed by atoms with Gasteiger partial charge in [0.25, 0.3) is 5.56 Å². The van der Waals surface area contributed by atoms with Crippen LogP contribution in [-0.2, 0) is 22.1 Å². The molecular formula is C10H17N3O3S. The minimum Gasteiger partial charge on any atom is -0.310 e. The Kier molecular flexibility index (Phi) is 4.41. The minimum atomic E-state index is -3.18. The average molecular weight is 259 g/mol. The zero-order chi connectivity index (χ0) is 13.1. The van der Waals surface area contributed by atoms with Crippen LogP contribution in [-0.4, -0.2) is 30.7 Å². The third-order valence-corrected chi connectivity index (χ3v) is 2.82. The maximum absolute atomic E-state index is 11.6. The van der Waals surface area contributed by atoms with Crippen LogP contribution in [0.15, 0.2) is 11.0 Å². The molecule has 0 aliphatic rings. The number of hydrogen-bond donors (Lipinski definition) is 2. The summed E-state index contributed by atoms with van der Waals surface area (Å²) in [5, 5.41) is 3.09. The molecule has 0 fully saturated rings. The molecule has 96 valence electrons. The number of nitrogens with one attached hydrogen (secondary N) is 2. The lowest BCUT2D eigenvalue weighted by molar-refractivity contribution is 0.583. The molecule has 2 N–H and O–H groups in total. The van der Waals surface area contributed by atoms with Crippen molar-refractivity contribution in [1.29, 1.82) is 0 Å². The Morgan fingerprint density at radius 3 is 2.59 bits per heavy atom. The number of sulfone groups is 1. The number of rotatable bonds is 5. The summed E-state index contributed by atoms with van der Waals surface area (Å²) in [6.07, 6.45) is 2.51. The highest BCUT2D eigenvalue weighted by Crippen LogP contribution is 1.96. The van der Waals surface area contributed by atoms with Crippen LogP contribution < -0.4 is 10.9 Å². The van der Waals surface area contributed by atoms with Gasteiger partial charge in [-0.25, -0.2) is 13.4 Å². The van der Waals surface area contributed by atoms with Crippen LogP contribution in [0.3, 0.4) is 0 Å². The molecule has 0 unspecified atom stereocenters. The Morgan fingerprint density at radius 1 is 1.47 bits per heavy atom. The van der Waals surface area contributed by atoms with E-state index in [0.717, 1.165) is 6.26 Å². The van der Waals surface area contributed by atoms with E-state index in [1.807, 2.05) is 13.8 Å². The highest BCUT2D eigenvalue weighted by atomic mass is 32.2. The first-order chi connectivity index (χ1) is 7.78. The molecule has 0 spiro atoms. The molecule has 0 saturated heterocycles. The number of aromatic amines is 1. The second-order valence-corrected chi connectivity index (χ2v) is 6.43. The first kappa shape index (κ1) is 13.9. The van der Waals surface area contributed by atoms with Crippen LogP contribution in [0.5, 0.6) is 0 Å². The van der Waals surface area contributed by atoms with E-state index in [9.17, 15) is 13.2 Å². The second kappa shape index (κ2) is 5.42. The molecule has 0 bridgehead atoms. The van der Waals surface area contributed by atoms with Crippen LogP contribution in [0.2, 0.25) is 0 Å². The fourth-order valence-corrected chi connectivity index (χ4v) is 1.86. The maximum atomic E-state index is 11.6. The monoisotopic (exact) mass is 259 g/mol. The van der Waals surface area contributed by atoms with Crippen molar-refractivity contribution in [3.05, 3.63) is 27.9 Å². The molecule has 0 atom stereocenters. The first-order valence-electron chi connectivity index (χ1n) is 5.26. The average Bonchev–Trinajstić information content (AvgIpc) is 2.13. The van der Waals surface area contributed by atoms with Crippen molar-refractivity contribution in [1.82, 2.24) is 15.3 Å². The van der Waals surface area contributed by atoms with E-state index in [-0.39, 0.29) is 23.2 Å². The standard InChI is InChI=1S/C10H17N3O3S/c1-7(2)11-4-8-5-12-9(13-10(8)14)6-17(3,15)16/h5,7,11H,4,6H2,1-3H3,(H,12,13,14). The SMILES string of the molecule is CC(C)NCc1cnc(CS(C)(=O)=O)[nH]c1=O. The summed E-state index contributed by atoms with van der Waals surface area (Å²) in [4.78, 5) is 18.0. The summed E-state index contributed by atoms with van der Waals surface area (Å²) in [6.45, 7) is 4.36. The Hall–Kier alpha value is -1.21. The molecule has 1 heterocycles. The zero-order valence-corrected chi connectivity index (χ0v) is 11.0. The lowest BCUT2D eigenvalue weighted by atomic mass is 10.3. The van der Waals surface area contributed by atoms with Crippen molar-refractivity contribution in [2.45, 2.75) is 32.2 Å². The minimum absolute atomic E-state index is 0.172. The van der Waals surface area contributed by atoms with E-state index >= 15 is 0 Å². The number of aromatic nitrogens is 2. The van der Waals surface area contributed by atoms with Crippen LogP contribution in [0.1, 0.15) is 25.2 Å². The molecular weight excluding hydrogens is 242 g/mol. The van der Waals surface area contributed by atoms with Crippen molar-refractivity contribution in [3.63, 3.8) is 0 Å². The summed E-state index contributed by atoms with van der Waals surface area (Å²) in [5.74, 6) is -0.0778. The van der Waals surface area contributed by atoms with E-state index in [2.05, 4.69) is 15.3 Å². The summed E-state index contributed by atoms with van der Waals surface area (Å²) in [6, 6.07) is 0.269. The smallest absolute Gasteiger partial charge is 0.255 e. The predicted octanol–water partition coefficient (Wildman–Crippen LogP) is -0.187. The molecule has 6 nitrogen and oxygen atoms in total. The molecule has 0 amide bonds. The molecule has 1 aromatic heterocycles. The third kappa shape index (κ3) is 5.10. The Balaban J connectivity index is 2.83. The van der Waals surface area contributed by atoms with Crippen LogP contribution >= 0.6 is 0 Å². The molecule has 0 saturated carbocycles. The Labute approximate surface area is 100 Å². The van der Waals surface area contributed by atoms with Gasteiger partial charge in [-0.15, -0.1) is 0 Å². The molecule has 0 aliphatic heterocycles. The largest absolute Gasteiger partial charge is 0.310 e. The first-order valence-corrected chi connectivity index (χ1v) is 7.32. The highest BCUT2D eigenvalue weighted by Gasteiger charge is 2.08. The lowest BCUT2D eigenvalue weighted by Crippen LogP contribution is -2.27. The molecule has 7 heteroatoms. The van der Waals surface area contributed by atoms with Gasteiger partial charge in [-0.05, 0) is 0 Å². The van der Waals surface area contributed by atoms with E-state index in [4.69, 9.17) is 0 Å². The van der Waals surface area contributed by atoms with Crippen LogP contribution in [0.25, 0.3) is 0 Å². The third-order valence-electron chi connectivity index (χ3n) is 2.03. The van der Waals surface area contributed by atoms with Gasteiger partial charge >= 0.3 is 0 Å². The van der Waals surface area contributed by atoms with Gasteiger partial charge in [-0.1, -0.05) is 13.8 Å². The van der Waals surface area contributed by atoms with E-state index < -0.39 is 9.84 Å². The second-order valence-electron chi connectivity index (χ2n) is 4.29. The summed E-state index contributed by atoms with van der Waals surface area (Å²) < 4.78 is 22.1. The van der Waals surface area contributed by atoms with Gasteiger partial charge in [0, 0.05) is 30.6 Å². The molecule has 17 heavy (non-hydrogen) atoms. The van der Waals surface area contributed by atoms with E-state index in [1.165, 1.54) is 6.20 Å². The van der Waals surface area contributed by atoms with Crippen LogP contribution in [0, 0.1) is 0 Å². The van der Waals surface area contributed by atoms with Crippen molar-refractivity contribution in [2.75, 3.05) is 6.26 Å². The number of nitrogens with zero attached hydrogens (tertiary/aromatic N) is 1. The summed E-state index contributed by atoms with van der Waals surface area (Å²) >= 11 is 0. The van der Waals surface area contributed by atoms with Gasteiger partial charge in [0.05, 0.1) is 0 Å². The maximum Gasteiger partial charge on any atom is 0.255 e. The molecule has 0 aromatic carbocycles. The van der Waals surface area contributed by atoms with Gasteiger partial charge in [-0.2, -0.15) is 0 Å². The van der Waals surface area contributed by atoms with E-state index in [1.54, 1.807) is 0 Å². The molecule has 0 radical (unpaired) electrons. The van der Waals surface area contributed by atoms with Gasteiger partial charge in [-0.3, -0.25) is 4.79 Å². The summed E-state index contributed by atoms with van der Waals surface area (Å²) in [5.41, 5.74) is 0.197. The number of hydrogen-bond acceptors (Lipinski definition) is 5. The van der Waals surface area contributed by atoms with Gasteiger partial charge in [0.2, 0.25) is 0 Å². The van der Waals surface area contributed by atoms with Crippen molar-refractivity contribution < 1.29 is 8.42 Å². The van der Waals surface area contributed by atoms with Crippen molar-refractivity contribution >= 4 is 9.84 Å². The predicted molar refractivity (Wildman–Crippen MR) is 65.4 cm³/mol.